The number of hydrogen-bond acceptors (Lipinski definition) is 6. The third-order valence-electron chi connectivity index (χ3n) is 5.23. The number of anilines is 1. The van der Waals surface area contributed by atoms with E-state index in [0.29, 0.717) is 18.8 Å². The smallest absolute Gasteiger partial charge is 0.243 e. The Bertz CT molecular complexity index is 860. The van der Waals surface area contributed by atoms with Crippen LogP contribution in [-0.4, -0.2) is 74.6 Å². The molecule has 0 spiro atoms. The van der Waals surface area contributed by atoms with Gasteiger partial charge in [0.25, 0.3) is 0 Å². The maximum atomic E-state index is 12.9. The minimum Gasteiger partial charge on any atom is -0.358 e. The van der Waals surface area contributed by atoms with Gasteiger partial charge in [0, 0.05) is 46.1 Å². The SMILES string of the molecule is CNC(=O)C(C)N1CCN(S(=O)(=O)c2ccc(N3C(=O)CCC3=O)cc2)CC1. The van der Waals surface area contributed by atoms with E-state index < -0.39 is 10.0 Å². The first-order valence-electron chi connectivity index (χ1n) is 9.17. The van der Waals surface area contributed by atoms with Crippen molar-refractivity contribution in [2.24, 2.45) is 0 Å². The van der Waals surface area contributed by atoms with Crippen molar-refractivity contribution in [2.45, 2.75) is 30.7 Å². The van der Waals surface area contributed by atoms with Crippen LogP contribution in [0.5, 0.6) is 0 Å². The summed E-state index contributed by atoms with van der Waals surface area (Å²) in [6, 6.07) is 5.49. The van der Waals surface area contributed by atoms with Crippen LogP contribution in [0, 0.1) is 0 Å². The summed E-state index contributed by atoms with van der Waals surface area (Å²) >= 11 is 0. The van der Waals surface area contributed by atoms with Crippen LogP contribution in [0.15, 0.2) is 29.2 Å². The summed E-state index contributed by atoms with van der Waals surface area (Å²) in [7, 11) is -2.11. The normalized spacial score (nSPS) is 20.4. The van der Waals surface area contributed by atoms with E-state index >= 15 is 0 Å². The Labute approximate surface area is 164 Å². The third-order valence-corrected chi connectivity index (χ3v) is 7.14. The maximum absolute atomic E-state index is 12.9. The van der Waals surface area contributed by atoms with Gasteiger partial charge in [-0.15, -0.1) is 0 Å². The van der Waals surface area contributed by atoms with Gasteiger partial charge in [0.15, 0.2) is 0 Å². The van der Waals surface area contributed by atoms with Crippen molar-refractivity contribution in [2.75, 3.05) is 38.1 Å². The van der Waals surface area contributed by atoms with E-state index in [0.717, 1.165) is 4.90 Å². The van der Waals surface area contributed by atoms with E-state index in [-0.39, 0.29) is 54.6 Å². The summed E-state index contributed by atoms with van der Waals surface area (Å²) < 4.78 is 27.2. The molecule has 0 aliphatic carbocycles. The number of sulfonamides is 1. The predicted octanol–water partition coefficient (Wildman–Crippen LogP) is -0.219. The van der Waals surface area contributed by atoms with Gasteiger partial charge in [-0.3, -0.25) is 24.2 Å². The molecule has 1 N–H and O–H groups in total. The molecule has 1 aromatic carbocycles. The highest BCUT2D eigenvalue weighted by Gasteiger charge is 2.33. The number of hydrogen-bond donors (Lipinski definition) is 1. The van der Waals surface area contributed by atoms with Crippen LogP contribution >= 0.6 is 0 Å². The lowest BCUT2D eigenvalue weighted by atomic mass is 10.2. The van der Waals surface area contributed by atoms with Gasteiger partial charge in [0.1, 0.15) is 0 Å². The zero-order valence-electron chi connectivity index (χ0n) is 15.9. The molecule has 1 aromatic rings. The molecule has 2 aliphatic heterocycles. The Morgan fingerprint density at radius 2 is 1.54 bits per heavy atom. The number of nitrogens with zero attached hydrogens (tertiary/aromatic N) is 3. The molecule has 1 unspecified atom stereocenters. The Balaban J connectivity index is 1.69. The topological polar surface area (TPSA) is 107 Å². The fourth-order valence-corrected chi connectivity index (χ4v) is 4.91. The average molecular weight is 408 g/mol. The quantitative estimate of drug-likeness (QED) is 0.675. The van der Waals surface area contributed by atoms with Crippen LogP contribution in [-0.2, 0) is 24.4 Å². The number of nitrogens with one attached hydrogen (secondary N) is 1. The highest BCUT2D eigenvalue weighted by atomic mass is 32.2. The number of carbonyl (C=O) groups excluding carboxylic acids is 3. The number of benzene rings is 1. The average Bonchev–Trinajstić information content (AvgIpc) is 3.05. The van der Waals surface area contributed by atoms with Crippen LogP contribution in [0.25, 0.3) is 0 Å². The molecular weight excluding hydrogens is 384 g/mol. The van der Waals surface area contributed by atoms with Gasteiger partial charge >= 0.3 is 0 Å². The highest BCUT2D eigenvalue weighted by molar-refractivity contribution is 7.89. The Kier molecular flexibility index (Phi) is 5.82. The lowest BCUT2D eigenvalue weighted by Crippen LogP contribution is -2.54. The largest absolute Gasteiger partial charge is 0.358 e. The third kappa shape index (κ3) is 3.80. The zero-order chi connectivity index (χ0) is 20.5. The molecule has 0 saturated carbocycles. The lowest BCUT2D eigenvalue weighted by Gasteiger charge is -2.36. The molecule has 0 aromatic heterocycles. The first-order valence-corrected chi connectivity index (χ1v) is 10.6. The van der Waals surface area contributed by atoms with Gasteiger partial charge < -0.3 is 5.32 Å². The number of piperazine rings is 1. The molecular formula is C18H24N4O5S. The van der Waals surface area contributed by atoms with Gasteiger partial charge in [-0.1, -0.05) is 0 Å². The van der Waals surface area contributed by atoms with Gasteiger partial charge in [-0.05, 0) is 31.2 Å². The summed E-state index contributed by atoms with van der Waals surface area (Å²) in [6.07, 6.45) is 0.356. The summed E-state index contributed by atoms with van der Waals surface area (Å²) in [5.41, 5.74) is 0.385. The van der Waals surface area contributed by atoms with E-state index in [1.807, 2.05) is 4.90 Å². The molecule has 152 valence electrons. The molecule has 2 fully saturated rings. The van der Waals surface area contributed by atoms with Crippen molar-refractivity contribution in [3.63, 3.8) is 0 Å². The van der Waals surface area contributed by atoms with Gasteiger partial charge in [0.2, 0.25) is 27.7 Å². The summed E-state index contributed by atoms with van der Waals surface area (Å²) in [4.78, 5) is 38.5. The predicted molar refractivity (Wildman–Crippen MR) is 102 cm³/mol. The molecule has 10 heteroatoms. The van der Waals surface area contributed by atoms with Gasteiger partial charge in [0.05, 0.1) is 16.6 Å². The number of rotatable bonds is 5. The second kappa shape index (κ2) is 7.98. The number of likely N-dealkylation sites (N-methyl/N-ethyl adjacent to an activating group) is 1. The van der Waals surface area contributed by atoms with Crippen molar-refractivity contribution in [1.29, 1.82) is 0 Å². The molecule has 3 rings (SSSR count). The number of carbonyl (C=O) groups is 3. The first-order chi connectivity index (χ1) is 13.3. The van der Waals surface area contributed by atoms with Crippen LogP contribution in [0.2, 0.25) is 0 Å². The molecule has 3 amide bonds. The Morgan fingerprint density at radius 1 is 1.00 bits per heavy atom. The molecule has 1 atom stereocenters. The van der Waals surface area contributed by atoms with E-state index in [2.05, 4.69) is 5.32 Å². The molecule has 28 heavy (non-hydrogen) atoms. The van der Waals surface area contributed by atoms with E-state index in [1.165, 1.54) is 28.6 Å². The molecule has 9 nitrogen and oxygen atoms in total. The van der Waals surface area contributed by atoms with Crippen molar-refractivity contribution in [1.82, 2.24) is 14.5 Å². The second-order valence-corrected chi connectivity index (χ2v) is 8.79. The first kappa shape index (κ1) is 20.4. The van der Waals surface area contributed by atoms with Gasteiger partial charge in [-0.25, -0.2) is 8.42 Å². The van der Waals surface area contributed by atoms with E-state index in [1.54, 1.807) is 14.0 Å². The second-order valence-electron chi connectivity index (χ2n) is 6.85. The molecule has 0 bridgehead atoms. The van der Waals surface area contributed by atoms with E-state index in [9.17, 15) is 22.8 Å². The summed E-state index contributed by atoms with van der Waals surface area (Å²) in [6.45, 7) is 3.29. The maximum Gasteiger partial charge on any atom is 0.243 e. The summed E-state index contributed by atoms with van der Waals surface area (Å²) in [5, 5.41) is 2.60. The minimum absolute atomic E-state index is 0.0992. The van der Waals surface area contributed by atoms with Crippen molar-refractivity contribution < 1.29 is 22.8 Å². The van der Waals surface area contributed by atoms with Crippen LogP contribution in [0.3, 0.4) is 0 Å². The molecule has 0 radical (unpaired) electrons. The van der Waals surface area contributed by atoms with E-state index in [4.69, 9.17) is 0 Å². The highest BCUT2D eigenvalue weighted by Crippen LogP contribution is 2.25. The van der Waals surface area contributed by atoms with Crippen LogP contribution in [0.4, 0.5) is 5.69 Å². The van der Waals surface area contributed by atoms with Crippen molar-refractivity contribution >= 4 is 33.4 Å². The number of amides is 3. The van der Waals surface area contributed by atoms with Gasteiger partial charge in [-0.2, -0.15) is 4.31 Å². The fraction of sp³-hybridized carbons (Fsp3) is 0.500. The zero-order valence-corrected chi connectivity index (χ0v) is 16.7. The van der Waals surface area contributed by atoms with Crippen LogP contribution < -0.4 is 10.2 Å². The molecule has 2 saturated heterocycles. The molecule has 2 heterocycles. The fourth-order valence-electron chi connectivity index (χ4n) is 3.49. The monoisotopic (exact) mass is 408 g/mol. The van der Waals surface area contributed by atoms with Crippen molar-refractivity contribution in [3.8, 4) is 0 Å². The lowest BCUT2D eigenvalue weighted by molar-refractivity contribution is -0.126. The Morgan fingerprint density at radius 3 is 2.04 bits per heavy atom. The minimum atomic E-state index is -3.69. The standard InChI is InChI=1S/C18H24N4O5S/c1-13(18(25)19-2)20-9-11-21(12-10-20)28(26,27)15-5-3-14(4-6-15)22-16(23)7-8-17(22)24/h3-6,13H,7-12H2,1-2H3,(H,19,25). The van der Waals surface area contributed by atoms with Crippen LogP contribution in [0.1, 0.15) is 19.8 Å². The van der Waals surface area contributed by atoms with Crippen molar-refractivity contribution in [3.05, 3.63) is 24.3 Å². The summed E-state index contributed by atoms with van der Waals surface area (Å²) in [5.74, 6) is -0.651. The Hall–Kier alpha value is -2.30. The number of imide groups is 1. The molecule has 2 aliphatic rings.